The number of anilines is 2. The maximum Gasteiger partial charge on any atom is 0.409 e. The average molecular weight is 734 g/mol. The molecule has 3 aromatic carbocycles. The van der Waals surface area contributed by atoms with Gasteiger partial charge in [0.15, 0.2) is 5.65 Å². The molecule has 6 rings (SSSR count). The molecule has 14 heteroatoms. The van der Waals surface area contributed by atoms with E-state index < -0.39 is 6.09 Å². The summed E-state index contributed by atoms with van der Waals surface area (Å²) in [5, 5.41) is 5.45. The maximum atomic E-state index is 13.6. The molecule has 0 spiro atoms. The second-order valence-electron chi connectivity index (χ2n) is 13.3. The van der Waals surface area contributed by atoms with Gasteiger partial charge in [0, 0.05) is 76.6 Å². The highest BCUT2D eigenvalue weighted by atomic mass is 16.6. The summed E-state index contributed by atoms with van der Waals surface area (Å²) in [6, 6.07) is 24.4. The van der Waals surface area contributed by atoms with Crippen LogP contribution in [0.5, 0.6) is 5.75 Å². The fourth-order valence-corrected chi connectivity index (χ4v) is 6.25. The Morgan fingerprint density at radius 1 is 0.833 bits per heavy atom. The molecule has 0 N–H and O–H groups in total. The highest BCUT2D eigenvalue weighted by molar-refractivity contribution is 5.97. The molecule has 1 saturated heterocycles. The first-order chi connectivity index (χ1) is 26.2. The van der Waals surface area contributed by atoms with Gasteiger partial charge in [0.1, 0.15) is 24.5 Å². The zero-order valence-corrected chi connectivity index (χ0v) is 31.3. The Morgan fingerprint density at radius 3 is 2.31 bits per heavy atom. The first-order valence-corrected chi connectivity index (χ1v) is 18.1. The summed E-state index contributed by atoms with van der Waals surface area (Å²) in [5.41, 5.74) is 3.67. The Kier molecular flexibility index (Phi) is 12.3. The first-order valence-electron chi connectivity index (χ1n) is 18.1. The van der Waals surface area contributed by atoms with Crippen molar-refractivity contribution in [1.29, 1.82) is 0 Å². The number of ether oxygens (including phenoxy) is 2. The topological polar surface area (TPSA) is 129 Å². The highest BCUT2D eigenvalue weighted by Gasteiger charge is 2.26. The lowest BCUT2D eigenvalue weighted by atomic mass is 10.1. The van der Waals surface area contributed by atoms with E-state index in [0.29, 0.717) is 62.8 Å². The molecule has 5 aromatic rings. The normalized spacial score (nSPS) is 12.9. The van der Waals surface area contributed by atoms with Crippen molar-refractivity contribution in [3.05, 3.63) is 103 Å². The maximum absolute atomic E-state index is 13.6. The summed E-state index contributed by atoms with van der Waals surface area (Å²) in [4.78, 5) is 57.9. The van der Waals surface area contributed by atoms with E-state index in [1.807, 2.05) is 97.5 Å². The van der Waals surface area contributed by atoms with Crippen molar-refractivity contribution in [2.24, 2.45) is 0 Å². The number of amides is 3. The minimum Gasteiger partial charge on any atom is -0.494 e. The van der Waals surface area contributed by atoms with Crippen LogP contribution in [0.2, 0.25) is 0 Å². The number of nitrogens with zero attached hydrogens (tertiary/aromatic N) is 9. The number of carbonyl (C=O) groups excluding carboxylic acids is 3. The number of hydrogen-bond donors (Lipinski definition) is 0. The molecule has 0 aliphatic carbocycles. The van der Waals surface area contributed by atoms with Crippen LogP contribution in [0, 0.1) is 0 Å². The van der Waals surface area contributed by atoms with Crippen molar-refractivity contribution in [3.8, 4) is 11.4 Å². The Labute approximate surface area is 315 Å². The van der Waals surface area contributed by atoms with Gasteiger partial charge in [-0.05, 0) is 63.0 Å². The van der Waals surface area contributed by atoms with Gasteiger partial charge in [-0.15, -0.1) is 0 Å². The number of fused-ring (bicyclic) bond motifs is 1. The van der Waals surface area contributed by atoms with E-state index in [0.717, 1.165) is 28.2 Å². The summed E-state index contributed by atoms with van der Waals surface area (Å²) in [7, 11) is 5.52. The molecule has 1 aliphatic rings. The van der Waals surface area contributed by atoms with Crippen molar-refractivity contribution in [1.82, 2.24) is 34.4 Å². The molecule has 54 heavy (non-hydrogen) atoms. The fourth-order valence-electron chi connectivity index (χ4n) is 6.25. The fraction of sp³-hybridized carbons (Fsp3) is 0.350. The van der Waals surface area contributed by atoms with Gasteiger partial charge < -0.3 is 34.0 Å². The quantitative estimate of drug-likeness (QED) is 0.158. The van der Waals surface area contributed by atoms with Gasteiger partial charge in [-0.2, -0.15) is 5.10 Å². The third-order valence-electron chi connectivity index (χ3n) is 9.26. The van der Waals surface area contributed by atoms with Crippen LogP contribution in [-0.2, 0) is 16.1 Å². The number of aromatic nitrogens is 4. The molecule has 1 aliphatic heterocycles. The van der Waals surface area contributed by atoms with Gasteiger partial charge in [-0.1, -0.05) is 36.4 Å². The number of likely N-dealkylation sites (N-methyl/N-ethyl adjacent to an activating group) is 1. The number of benzene rings is 3. The molecule has 0 unspecified atom stereocenters. The number of rotatable bonds is 14. The van der Waals surface area contributed by atoms with E-state index >= 15 is 0 Å². The number of piperazine rings is 1. The third kappa shape index (κ3) is 9.12. The molecule has 0 radical (unpaired) electrons. The Balaban J connectivity index is 1.05. The minimum absolute atomic E-state index is 0.0714. The molecular formula is C40H47N9O5. The van der Waals surface area contributed by atoms with Gasteiger partial charge in [0.05, 0.1) is 23.9 Å². The Hall–Kier alpha value is -6.02. The highest BCUT2D eigenvalue weighted by Crippen LogP contribution is 2.27. The zero-order chi connectivity index (χ0) is 38.0. The smallest absolute Gasteiger partial charge is 0.409 e. The van der Waals surface area contributed by atoms with Gasteiger partial charge in [-0.25, -0.2) is 19.4 Å². The molecule has 2 aromatic heterocycles. The largest absolute Gasteiger partial charge is 0.494 e. The predicted molar refractivity (Wildman–Crippen MR) is 207 cm³/mol. The van der Waals surface area contributed by atoms with Crippen LogP contribution in [-0.4, -0.2) is 126 Å². The lowest BCUT2D eigenvalue weighted by molar-refractivity contribution is -0.118. The van der Waals surface area contributed by atoms with Crippen molar-refractivity contribution in [2.45, 2.75) is 20.0 Å². The number of hydrogen-bond acceptors (Lipinski definition) is 10. The Morgan fingerprint density at radius 2 is 1.59 bits per heavy atom. The summed E-state index contributed by atoms with van der Waals surface area (Å²) in [6.45, 7) is 6.23. The predicted octanol–water partition coefficient (Wildman–Crippen LogP) is 4.73. The van der Waals surface area contributed by atoms with Crippen LogP contribution >= 0.6 is 0 Å². The van der Waals surface area contributed by atoms with Crippen LogP contribution in [0.15, 0.2) is 91.4 Å². The standard InChI is InChI=1S/C40H47N9O5/c1-5-53-34-13-9-12-33(26-34)49-38-35(27-43-49)37(41-29-42-38)46-21-23-47(24-22-46)39(51)31-14-16-32(17-15-31)48(25-20-44(2)3)36(50)18-19-45(4)40(52)54-28-30-10-7-6-8-11-30/h6-17,26-27,29H,5,18-25,28H2,1-4H3. The molecule has 0 saturated carbocycles. The van der Waals surface area contributed by atoms with Gasteiger partial charge in [0.25, 0.3) is 5.91 Å². The van der Waals surface area contributed by atoms with Crippen LogP contribution in [0.4, 0.5) is 16.3 Å². The van der Waals surface area contributed by atoms with Crippen LogP contribution < -0.4 is 14.5 Å². The molecule has 1 fully saturated rings. The summed E-state index contributed by atoms with van der Waals surface area (Å²) in [5.74, 6) is 1.34. The van der Waals surface area contributed by atoms with Crippen LogP contribution in [0.25, 0.3) is 16.7 Å². The average Bonchev–Trinajstić information content (AvgIpc) is 3.64. The molecule has 3 heterocycles. The molecular weight excluding hydrogens is 686 g/mol. The third-order valence-corrected chi connectivity index (χ3v) is 9.26. The Bertz CT molecular complexity index is 2030. The van der Waals surface area contributed by atoms with E-state index in [4.69, 9.17) is 9.47 Å². The van der Waals surface area contributed by atoms with E-state index in [9.17, 15) is 14.4 Å². The van der Waals surface area contributed by atoms with E-state index in [1.165, 1.54) is 4.90 Å². The van der Waals surface area contributed by atoms with Crippen LogP contribution in [0.1, 0.15) is 29.3 Å². The zero-order valence-electron chi connectivity index (χ0n) is 31.3. The van der Waals surface area contributed by atoms with E-state index in [1.54, 1.807) is 41.3 Å². The first kappa shape index (κ1) is 37.7. The molecule has 282 valence electrons. The lowest BCUT2D eigenvalue weighted by Crippen LogP contribution is -2.49. The van der Waals surface area contributed by atoms with Crippen molar-refractivity contribution in [3.63, 3.8) is 0 Å². The summed E-state index contributed by atoms with van der Waals surface area (Å²) < 4.78 is 12.9. The van der Waals surface area contributed by atoms with E-state index in [-0.39, 0.29) is 31.4 Å². The van der Waals surface area contributed by atoms with Gasteiger partial charge in [-0.3, -0.25) is 9.59 Å². The van der Waals surface area contributed by atoms with Gasteiger partial charge >= 0.3 is 6.09 Å². The van der Waals surface area contributed by atoms with Crippen molar-refractivity contribution >= 4 is 40.4 Å². The summed E-state index contributed by atoms with van der Waals surface area (Å²) in [6.07, 6.45) is 2.96. The molecule has 14 nitrogen and oxygen atoms in total. The van der Waals surface area contributed by atoms with Crippen molar-refractivity contribution < 1.29 is 23.9 Å². The molecule has 0 atom stereocenters. The van der Waals surface area contributed by atoms with Gasteiger partial charge in [0.2, 0.25) is 5.91 Å². The second kappa shape index (κ2) is 17.7. The second-order valence-corrected chi connectivity index (χ2v) is 13.3. The van der Waals surface area contributed by atoms with Crippen LogP contribution in [0.3, 0.4) is 0 Å². The van der Waals surface area contributed by atoms with E-state index in [2.05, 4.69) is 20.0 Å². The number of carbonyl (C=O) groups is 3. The lowest BCUT2D eigenvalue weighted by Gasteiger charge is -2.35. The van der Waals surface area contributed by atoms with Crippen molar-refractivity contribution in [2.75, 3.05) is 83.4 Å². The monoisotopic (exact) mass is 733 g/mol. The minimum atomic E-state index is -0.489. The molecule has 0 bridgehead atoms. The molecule has 3 amide bonds. The SMILES string of the molecule is CCOc1cccc(-n2ncc3c(N4CCN(C(=O)c5ccc(N(CCN(C)C)C(=O)CCN(C)C(=O)OCc6ccccc6)cc5)CC4)ncnc32)c1. The summed E-state index contributed by atoms with van der Waals surface area (Å²) >= 11 is 0.